The Morgan fingerprint density at radius 2 is 1.74 bits per heavy atom. The van der Waals surface area contributed by atoms with Crippen LogP contribution < -0.4 is 0 Å². The topological polar surface area (TPSA) is 56.5 Å². The van der Waals surface area contributed by atoms with Gasteiger partial charge in [-0.3, -0.25) is 9.59 Å². The highest BCUT2D eigenvalue weighted by Crippen LogP contribution is 2.30. The fourth-order valence-corrected chi connectivity index (χ4v) is 3.36. The van der Waals surface area contributed by atoms with Gasteiger partial charge in [0.2, 0.25) is 5.78 Å². The molecule has 0 aliphatic rings. The van der Waals surface area contributed by atoms with E-state index >= 15 is 0 Å². The average molecular weight is 379 g/mol. The van der Waals surface area contributed by atoms with Crippen molar-refractivity contribution in [3.05, 3.63) is 83.1 Å². The summed E-state index contributed by atoms with van der Waals surface area (Å²) in [4.78, 5) is 24.4. The van der Waals surface area contributed by atoms with Gasteiger partial charge in [0.05, 0.1) is 17.7 Å². The van der Waals surface area contributed by atoms with E-state index in [1.54, 1.807) is 30.5 Å². The molecule has 0 aliphatic heterocycles. The quantitative estimate of drug-likeness (QED) is 0.353. The lowest BCUT2D eigenvalue weighted by atomic mass is 10.0. The SMILES string of the molecule is O=C(Cc1coc2ccc3ccccc3c12)OCC(=O)c1ccccc1Cl. The highest BCUT2D eigenvalue weighted by Gasteiger charge is 2.16. The van der Waals surface area contributed by atoms with Crippen LogP contribution in [0.3, 0.4) is 0 Å². The number of furan rings is 1. The van der Waals surface area contributed by atoms with Crippen LogP contribution in [0, 0.1) is 0 Å². The van der Waals surface area contributed by atoms with Gasteiger partial charge in [-0.15, -0.1) is 0 Å². The molecule has 0 fully saturated rings. The molecular formula is C22H15ClO4. The minimum Gasteiger partial charge on any atom is -0.464 e. The summed E-state index contributed by atoms with van der Waals surface area (Å²) < 4.78 is 10.7. The maximum atomic E-state index is 12.3. The summed E-state index contributed by atoms with van der Waals surface area (Å²) in [5, 5.41) is 3.31. The number of hydrogen-bond donors (Lipinski definition) is 0. The number of hydrogen-bond acceptors (Lipinski definition) is 4. The van der Waals surface area contributed by atoms with E-state index in [0.717, 1.165) is 21.7 Å². The summed E-state index contributed by atoms with van der Waals surface area (Å²) >= 11 is 6.00. The van der Waals surface area contributed by atoms with Gasteiger partial charge in [-0.05, 0) is 29.0 Å². The molecule has 0 spiro atoms. The normalized spacial score (nSPS) is 11.0. The summed E-state index contributed by atoms with van der Waals surface area (Å²) in [6.07, 6.45) is 1.59. The first-order chi connectivity index (χ1) is 13.1. The van der Waals surface area contributed by atoms with E-state index in [9.17, 15) is 9.59 Å². The molecule has 134 valence electrons. The van der Waals surface area contributed by atoms with E-state index in [1.165, 1.54) is 0 Å². The van der Waals surface area contributed by atoms with Gasteiger partial charge in [0, 0.05) is 16.5 Å². The Morgan fingerprint density at radius 1 is 0.963 bits per heavy atom. The molecule has 0 bridgehead atoms. The Balaban J connectivity index is 1.51. The number of Topliss-reactive ketones (excluding diaryl/α,β-unsaturated/α-hetero) is 1. The van der Waals surface area contributed by atoms with Crippen molar-refractivity contribution in [2.24, 2.45) is 0 Å². The Morgan fingerprint density at radius 3 is 2.59 bits per heavy atom. The van der Waals surface area contributed by atoms with Crippen molar-refractivity contribution in [1.82, 2.24) is 0 Å². The summed E-state index contributed by atoms with van der Waals surface area (Å²) in [5.74, 6) is -0.831. The van der Waals surface area contributed by atoms with Crippen molar-refractivity contribution in [1.29, 1.82) is 0 Å². The lowest BCUT2D eigenvalue weighted by molar-refractivity contribution is -0.141. The van der Waals surface area contributed by atoms with Gasteiger partial charge in [-0.2, -0.15) is 0 Å². The number of carbonyl (C=O) groups excluding carboxylic acids is 2. The highest BCUT2D eigenvalue weighted by molar-refractivity contribution is 6.34. The van der Waals surface area contributed by atoms with Crippen molar-refractivity contribution in [2.45, 2.75) is 6.42 Å². The zero-order chi connectivity index (χ0) is 18.8. The molecule has 0 atom stereocenters. The van der Waals surface area contributed by atoms with Crippen molar-refractivity contribution < 1.29 is 18.7 Å². The molecule has 0 unspecified atom stereocenters. The Kier molecular flexibility index (Phi) is 4.65. The molecule has 4 rings (SSSR count). The van der Waals surface area contributed by atoms with Crippen LogP contribution in [0.4, 0.5) is 0 Å². The second-order valence-electron chi connectivity index (χ2n) is 6.16. The first-order valence-corrected chi connectivity index (χ1v) is 8.82. The van der Waals surface area contributed by atoms with Crippen LogP contribution in [-0.4, -0.2) is 18.4 Å². The molecule has 3 aromatic carbocycles. The predicted octanol–water partition coefficient (Wildman–Crippen LogP) is 5.21. The van der Waals surface area contributed by atoms with Crippen LogP contribution in [0.1, 0.15) is 15.9 Å². The van der Waals surface area contributed by atoms with Crippen LogP contribution in [0.15, 0.2) is 71.3 Å². The van der Waals surface area contributed by atoms with Gasteiger partial charge < -0.3 is 9.15 Å². The molecule has 0 radical (unpaired) electrons. The van der Waals surface area contributed by atoms with Crippen LogP contribution in [-0.2, 0) is 16.0 Å². The second-order valence-corrected chi connectivity index (χ2v) is 6.57. The average Bonchev–Trinajstić information content (AvgIpc) is 3.10. The third-order valence-electron chi connectivity index (χ3n) is 4.41. The molecule has 5 heteroatoms. The maximum Gasteiger partial charge on any atom is 0.310 e. The fraction of sp³-hybridized carbons (Fsp3) is 0.0909. The molecule has 1 aromatic heterocycles. The molecule has 1 heterocycles. The fourth-order valence-electron chi connectivity index (χ4n) is 3.12. The van der Waals surface area contributed by atoms with Crippen molar-refractivity contribution >= 4 is 45.1 Å². The minimum absolute atomic E-state index is 0.0246. The summed E-state index contributed by atoms with van der Waals surface area (Å²) in [6.45, 7) is -0.348. The number of esters is 1. The maximum absolute atomic E-state index is 12.3. The molecule has 0 saturated heterocycles. The van der Waals surface area contributed by atoms with E-state index < -0.39 is 5.97 Å². The van der Waals surface area contributed by atoms with Crippen molar-refractivity contribution in [3.63, 3.8) is 0 Å². The van der Waals surface area contributed by atoms with E-state index in [0.29, 0.717) is 16.2 Å². The Hall–Kier alpha value is -3.11. The van der Waals surface area contributed by atoms with E-state index in [1.807, 2.05) is 36.4 Å². The Bertz CT molecular complexity index is 1160. The van der Waals surface area contributed by atoms with Crippen LogP contribution in [0.5, 0.6) is 0 Å². The van der Waals surface area contributed by atoms with Crippen molar-refractivity contribution in [2.75, 3.05) is 6.61 Å². The number of halogens is 1. The van der Waals surface area contributed by atoms with E-state index in [4.69, 9.17) is 20.8 Å². The van der Waals surface area contributed by atoms with Gasteiger partial charge in [-0.25, -0.2) is 0 Å². The number of fused-ring (bicyclic) bond motifs is 3. The first kappa shape index (κ1) is 17.3. The standard InChI is InChI=1S/C22H15ClO4/c23-18-8-4-3-7-17(18)19(24)13-27-21(25)11-15-12-26-20-10-9-14-5-1-2-6-16(14)22(15)20/h1-10,12H,11,13H2. The minimum atomic E-state index is -0.494. The monoisotopic (exact) mass is 378 g/mol. The summed E-state index contributed by atoms with van der Waals surface area (Å²) in [7, 11) is 0. The van der Waals surface area contributed by atoms with Crippen LogP contribution in [0.2, 0.25) is 5.02 Å². The number of ether oxygens (including phenoxy) is 1. The number of rotatable bonds is 5. The van der Waals surface area contributed by atoms with Gasteiger partial charge >= 0.3 is 5.97 Å². The van der Waals surface area contributed by atoms with Crippen LogP contribution >= 0.6 is 11.6 Å². The Labute approximate surface area is 160 Å². The zero-order valence-corrected chi connectivity index (χ0v) is 15.0. The van der Waals surface area contributed by atoms with Gasteiger partial charge in [0.25, 0.3) is 0 Å². The molecule has 4 nitrogen and oxygen atoms in total. The molecule has 27 heavy (non-hydrogen) atoms. The van der Waals surface area contributed by atoms with Crippen LogP contribution in [0.25, 0.3) is 21.7 Å². The highest BCUT2D eigenvalue weighted by atomic mass is 35.5. The summed E-state index contributed by atoms with van der Waals surface area (Å²) in [5.41, 5.74) is 1.78. The zero-order valence-electron chi connectivity index (χ0n) is 14.3. The second kappa shape index (κ2) is 7.25. The lowest BCUT2D eigenvalue weighted by Crippen LogP contribution is -2.15. The molecule has 0 aliphatic carbocycles. The molecule has 0 saturated carbocycles. The number of carbonyl (C=O) groups is 2. The molecular weight excluding hydrogens is 364 g/mol. The third-order valence-corrected chi connectivity index (χ3v) is 4.74. The molecule has 0 N–H and O–H groups in total. The van der Waals surface area contributed by atoms with Crippen molar-refractivity contribution in [3.8, 4) is 0 Å². The van der Waals surface area contributed by atoms with E-state index in [2.05, 4.69) is 0 Å². The predicted molar refractivity (Wildman–Crippen MR) is 104 cm³/mol. The van der Waals surface area contributed by atoms with Gasteiger partial charge in [-0.1, -0.05) is 54.1 Å². The molecule has 0 amide bonds. The lowest BCUT2D eigenvalue weighted by Gasteiger charge is -2.06. The number of benzene rings is 3. The summed E-state index contributed by atoms with van der Waals surface area (Å²) in [6, 6.07) is 18.4. The van der Waals surface area contributed by atoms with E-state index in [-0.39, 0.29) is 18.8 Å². The van der Waals surface area contributed by atoms with Gasteiger partial charge in [0.15, 0.2) is 6.61 Å². The number of ketones is 1. The van der Waals surface area contributed by atoms with Gasteiger partial charge in [0.1, 0.15) is 5.58 Å². The molecule has 4 aromatic rings. The smallest absolute Gasteiger partial charge is 0.310 e. The largest absolute Gasteiger partial charge is 0.464 e. The third kappa shape index (κ3) is 3.44. The first-order valence-electron chi connectivity index (χ1n) is 8.44.